The molecule has 0 aliphatic rings. The van der Waals surface area contributed by atoms with Crippen LogP contribution in [0.15, 0.2) is 0 Å². The molecule has 1 heterocycles. The van der Waals surface area contributed by atoms with Crippen LogP contribution >= 0.6 is 11.6 Å². The molecular weight excluding hydrogens is 294 g/mol. The fraction of sp³-hybridized carbons (Fsp3) is 0.714. The fourth-order valence-corrected chi connectivity index (χ4v) is 2.16. The zero-order chi connectivity index (χ0) is 16.2. The number of aliphatic hydroxyl groups is 1. The van der Waals surface area contributed by atoms with Crippen LogP contribution in [0.25, 0.3) is 0 Å². The Balaban J connectivity index is 2.58. The molecule has 1 aromatic heterocycles. The van der Waals surface area contributed by atoms with Crippen LogP contribution in [0.5, 0.6) is 0 Å². The number of alkyl carbamates (subject to hydrolysis) is 1. The van der Waals surface area contributed by atoms with Gasteiger partial charge < -0.3 is 15.2 Å². The van der Waals surface area contributed by atoms with Crippen LogP contribution in [0.3, 0.4) is 0 Å². The van der Waals surface area contributed by atoms with E-state index in [0.717, 1.165) is 11.4 Å². The van der Waals surface area contributed by atoms with Gasteiger partial charge >= 0.3 is 6.09 Å². The molecule has 0 fully saturated rings. The van der Waals surface area contributed by atoms with E-state index >= 15 is 0 Å². The second kappa shape index (κ2) is 7.13. The van der Waals surface area contributed by atoms with Crippen LogP contribution < -0.4 is 5.32 Å². The lowest BCUT2D eigenvalue weighted by Gasteiger charge is -2.21. The Morgan fingerprint density at radius 3 is 2.57 bits per heavy atom. The van der Waals surface area contributed by atoms with E-state index in [4.69, 9.17) is 16.3 Å². The van der Waals surface area contributed by atoms with Gasteiger partial charge in [-0.1, -0.05) is 11.6 Å². The predicted molar refractivity (Wildman–Crippen MR) is 81.5 cm³/mol. The minimum atomic E-state index is -0.540. The number of hydrogen-bond acceptors (Lipinski definition) is 4. The van der Waals surface area contributed by atoms with Crippen molar-refractivity contribution in [1.82, 2.24) is 15.1 Å². The van der Waals surface area contributed by atoms with E-state index in [9.17, 15) is 9.90 Å². The Kier molecular flexibility index (Phi) is 6.04. The lowest BCUT2D eigenvalue weighted by atomic mass is 10.0. The van der Waals surface area contributed by atoms with Crippen LogP contribution in [-0.2, 0) is 18.2 Å². The van der Waals surface area contributed by atoms with Crippen LogP contribution in [0.4, 0.5) is 4.79 Å². The highest BCUT2D eigenvalue weighted by molar-refractivity contribution is 6.31. The highest BCUT2D eigenvalue weighted by Gasteiger charge is 2.20. The topological polar surface area (TPSA) is 76.4 Å². The summed E-state index contributed by atoms with van der Waals surface area (Å²) in [6.07, 6.45) is 0.0379. The summed E-state index contributed by atoms with van der Waals surface area (Å²) in [6, 6.07) is 0. The first-order chi connectivity index (χ1) is 9.64. The molecule has 1 atom stereocenters. The normalized spacial score (nSPS) is 13.1. The third kappa shape index (κ3) is 5.55. The van der Waals surface area contributed by atoms with Crippen molar-refractivity contribution < 1.29 is 14.6 Å². The van der Waals surface area contributed by atoms with E-state index in [1.54, 1.807) is 25.5 Å². The zero-order valence-electron chi connectivity index (χ0n) is 13.2. The summed E-state index contributed by atoms with van der Waals surface area (Å²) < 4.78 is 6.86. The molecule has 1 aromatic rings. The van der Waals surface area contributed by atoms with Gasteiger partial charge in [-0.25, -0.2) is 4.79 Å². The van der Waals surface area contributed by atoms with Gasteiger partial charge in [-0.05, 0) is 34.1 Å². The summed E-state index contributed by atoms with van der Waals surface area (Å²) in [5, 5.41) is 17.0. The number of nitrogens with one attached hydrogen (secondary N) is 1. The van der Waals surface area contributed by atoms with Crippen molar-refractivity contribution in [2.75, 3.05) is 13.2 Å². The summed E-state index contributed by atoms with van der Waals surface area (Å²) in [5.41, 5.74) is 1.06. The third-order valence-corrected chi connectivity index (χ3v) is 3.43. The van der Waals surface area contributed by atoms with E-state index in [0.29, 0.717) is 18.0 Å². The predicted octanol–water partition coefficient (Wildman–Crippen LogP) is 2.06. The molecule has 0 radical (unpaired) electrons. The van der Waals surface area contributed by atoms with Gasteiger partial charge in [-0.2, -0.15) is 5.10 Å². The Hall–Kier alpha value is -1.27. The molecule has 21 heavy (non-hydrogen) atoms. The van der Waals surface area contributed by atoms with Crippen molar-refractivity contribution in [3.63, 3.8) is 0 Å². The molecule has 7 heteroatoms. The highest BCUT2D eigenvalue weighted by atomic mass is 35.5. The monoisotopic (exact) mass is 317 g/mol. The lowest BCUT2D eigenvalue weighted by molar-refractivity contribution is 0.0512. The first-order valence-electron chi connectivity index (χ1n) is 6.89. The molecule has 1 amide bonds. The summed E-state index contributed by atoms with van der Waals surface area (Å²) in [5.74, 6) is -0.148. The number of halogens is 1. The SMILES string of the molecule is Cc1nn(C)c(CC(CO)CNC(=O)OC(C)(C)C)c1Cl. The first kappa shape index (κ1) is 17.8. The summed E-state index contributed by atoms with van der Waals surface area (Å²) in [7, 11) is 1.81. The highest BCUT2D eigenvalue weighted by Crippen LogP contribution is 2.22. The Morgan fingerprint density at radius 2 is 2.14 bits per heavy atom. The number of aliphatic hydroxyl groups excluding tert-OH is 1. The number of rotatable bonds is 5. The maximum Gasteiger partial charge on any atom is 0.407 e. The van der Waals surface area contributed by atoms with Gasteiger partial charge in [0.2, 0.25) is 0 Å². The van der Waals surface area contributed by atoms with E-state index in [1.165, 1.54) is 0 Å². The zero-order valence-corrected chi connectivity index (χ0v) is 14.0. The number of aromatic nitrogens is 2. The van der Waals surface area contributed by atoms with Crippen molar-refractivity contribution in [3.8, 4) is 0 Å². The van der Waals surface area contributed by atoms with Crippen molar-refractivity contribution in [3.05, 3.63) is 16.4 Å². The van der Waals surface area contributed by atoms with Gasteiger partial charge in [0.15, 0.2) is 0 Å². The lowest BCUT2D eigenvalue weighted by Crippen LogP contribution is -2.36. The standard InChI is InChI=1S/C14H24ClN3O3/c1-9-12(15)11(18(5)17-9)6-10(8-19)7-16-13(20)21-14(2,3)4/h10,19H,6-8H2,1-5H3,(H,16,20). The van der Waals surface area contributed by atoms with E-state index in [2.05, 4.69) is 10.4 Å². The van der Waals surface area contributed by atoms with Crippen molar-refractivity contribution in [1.29, 1.82) is 0 Å². The molecule has 6 nitrogen and oxygen atoms in total. The number of carbonyl (C=O) groups excluding carboxylic acids is 1. The number of ether oxygens (including phenoxy) is 1. The number of nitrogens with zero attached hydrogens (tertiary/aromatic N) is 2. The van der Waals surface area contributed by atoms with Gasteiger partial charge in [0, 0.05) is 26.1 Å². The second-order valence-electron chi connectivity index (χ2n) is 6.11. The summed E-state index contributed by atoms with van der Waals surface area (Å²) in [6.45, 7) is 7.48. The summed E-state index contributed by atoms with van der Waals surface area (Å²) in [4.78, 5) is 11.6. The molecule has 120 valence electrons. The molecule has 0 spiro atoms. The quantitative estimate of drug-likeness (QED) is 0.871. The molecule has 0 saturated carbocycles. The molecule has 0 aromatic carbocycles. The van der Waals surface area contributed by atoms with E-state index in [-0.39, 0.29) is 12.5 Å². The van der Waals surface area contributed by atoms with Crippen LogP contribution in [0.1, 0.15) is 32.2 Å². The van der Waals surface area contributed by atoms with Crippen molar-refractivity contribution in [2.24, 2.45) is 13.0 Å². The van der Waals surface area contributed by atoms with Crippen LogP contribution in [-0.4, -0.2) is 39.7 Å². The number of amides is 1. The summed E-state index contributed by atoms with van der Waals surface area (Å²) >= 11 is 6.19. The minimum Gasteiger partial charge on any atom is -0.444 e. The maximum absolute atomic E-state index is 11.6. The third-order valence-electron chi connectivity index (χ3n) is 2.94. The smallest absolute Gasteiger partial charge is 0.407 e. The Morgan fingerprint density at radius 1 is 1.52 bits per heavy atom. The van der Waals surface area contributed by atoms with E-state index < -0.39 is 11.7 Å². The molecular formula is C14H24ClN3O3. The van der Waals surface area contributed by atoms with Crippen molar-refractivity contribution in [2.45, 2.75) is 39.7 Å². The molecule has 0 aliphatic carbocycles. The van der Waals surface area contributed by atoms with Gasteiger partial charge in [-0.15, -0.1) is 0 Å². The number of carbonyl (C=O) groups is 1. The van der Waals surface area contributed by atoms with Gasteiger partial charge in [-0.3, -0.25) is 4.68 Å². The van der Waals surface area contributed by atoms with Crippen LogP contribution in [0.2, 0.25) is 5.02 Å². The molecule has 1 unspecified atom stereocenters. The average molecular weight is 318 g/mol. The molecule has 0 saturated heterocycles. The average Bonchev–Trinajstić information content (AvgIpc) is 2.58. The Labute approximate surface area is 130 Å². The largest absolute Gasteiger partial charge is 0.444 e. The molecule has 2 N–H and O–H groups in total. The maximum atomic E-state index is 11.6. The number of aryl methyl sites for hydroxylation is 2. The van der Waals surface area contributed by atoms with Gasteiger partial charge in [0.25, 0.3) is 0 Å². The van der Waals surface area contributed by atoms with E-state index in [1.807, 2.05) is 14.0 Å². The minimum absolute atomic E-state index is 0.0592. The fourth-order valence-electron chi connectivity index (χ4n) is 1.92. The van der Waals surface area contributed by atoms with Gasteiger partial charge in [0.05, 0.1) is 16.4 Å². The van der Waals surface area contributed by atoms with Crippen LogP contribution in [0, 0.1) is 12.8 Å². The second-order valence-corrected chi connectivity index (χ2v) is 6.48. The van der Waals surface area contributed by atoms with Gasteiger partial charge in [0.1, 0.15) is 5.60 Å². The first-order valence-corrected chi connectivity index (χ1v) is 7.27. The number of hydrogen-bond donors (Lipinski definition) is 2. The molecule has 0 bridgehead atoms. The molecule has 1 rings (SSSR count). The molecule has 0 aliphatic heterocycles. The Bertz CT molecular complexity index is 494. The van der Waals surface area contributed by atoms with Crippen molar-refractivity contribution >= 4 is 17.7 Å².